The fourth-order valence-corrected chi connectivity index (χ4v) is 4.32. The first kappa shape index (κ1) is 19.6. The van der Waals surface area contributed by atoms with Gasteiger partial charge in [0.1, 0.15) is 5.75 Å². The summed E-state index contributed by atoms with van der Waals surface area (Å²) in [6.45, 7) is 0.136. The second-order valence-electron chi connectivity index (χ2n) is 8.00. The highest BCUT2D eigenvalue weighted by Crippen LogP contribution is 2.43. The summed E-state index contributed by atoms with van der Waals surface area (Å²) < 4.78 is 5.21. The predicted molar refractivity (Wildman–Crippen MR) is 112 cm³/mol. The van der Waals surface area contributed by atoms with Gasteiger partial charge >= 0.3 is 0 Å². The number of carbonyl (C=O) groups excluding carboxylic acids is 1. The molecule has 0 bridgehead atoms. The van der Waals surface area contributed by atoms with Gasteiger partial charge < -0.3 is 14.7 Å². The van der Waals surface area contributed by atoms with Crippen molar-refractivity contribution in [2.75, 3.05) is 13.7 Å². The van der Waals surface area contributed by atoms with Crippen molar-refractivity contribution in [3.8, 4) is 5.75 Å². The van der Waals surface area contributed by atoms with Gasteiger partial charge in [-0.3, -0.25) is 9.78 Å². The zero-order chi connectivity index (χ0) is 20.3. The molecule has 0 spiro atoms. The Kier molecular flexibility index (Phi) is 5.67. The third-order valence-corrected chi connectivity index (χ3v) is 6.16. The van der Waals surface area contributed by atoms with Gasteiger partial charge in [0.2, 0.25) is 0 Å². The number of aliphatic hydroxyl groups is 1. The maximum atomic E-state index is 13.3. The number of nitrogens with zero attached hydrogens (tertiary/aromatic N) is 2. The molecule has 1 heterocycles. The Morgan fingerprint density at radius 3 is 2.59 bits per heavy atom. The van der Waals surface area contributed by atoms with E-state index in [4.69, 9.17) is 4.74 Å². The fraction of sp³-hybridized carbons (Fsp3) is 0.417. The molecule has 1 aromatic carbocycles. The Bertz CT molecular complexity index is 875. The van der Waals surface area contributed by atoms with Crippen LogP contribution in [0.1, 0.15) is 54.6 Å². The Labute approximate surface area is 172 Å². The van der Waals surface area contributed by atoms with E-state index in [1.54, 1.807) is 7.11 Å². The standard InChI is InChI=1S/C24H28N2O3/c1-29-21-9-5-18(6-10-21)23(28)26(19-7-8-19)20-11-13-24(14-12-20,15-17-27)22-4-2-3-16-25-22/h2-6,9-11,16,19,27H,7-8,12-15,17H2,1H3/t24-/m0/s1. The summed E-state index contributed by atoms with van der Waals surface area (Å²) in [6, 6.07) is 13.6. The smallest absolute Gasteiger partial charge is 0.258 e. The first-order valence-electron chi connectivity index (χ1n) is 10.4. The van der Waals surface area contributed by atoms with Gasteiger partial charge in [0.25, 0.3) is 5.91 Å². The molecule has 2 aliphatic carbocycles. The molecule has 2 aliphatic rings. The number of hydrogen-bond donors (Lipinski definition) is 1. The van der Waals surface area contributed by atoms with Crippen molar-refractivity contribution in [3.05, 3.63) is 71.7 Å². The molecule has 152 valence electrons. The lowest BCUT2D eigenvalue weighted by atomic mass is 9.71. The van der Waals surface area contributed by atoms with Gasteiger partial charge in [-0.2, -0.15) is 0 Å². The molecule has 1 atom stereocenters. The van der Waals surface area contributed by atoms with Crippen LogP contribution in [0, 0.1) is 0 Å². The van der Waals surface area contributed by atoms with Gasteiger partial charge in [-0.25, -0.2) is 0 Å². The number of amides is 1. The van der Waals surface area contributed by atoms with Crippen LogP contribution < -0.4 is 4.74 Å². The summed E-state index contributed by atoms with van der Waals surface area (Å²) in [4.78, 5) is 19.9. The first-order valence-corrected chi connectivity index (χ1v) is 10.4. The van der Waals surface area contributed by atoms with Gasteiger partial charge in [-0.05, 0) is 74.9 Å². The van der Waals surface area contributed by atoms with Gasteiger partial charge in [0.15, 0.2) is 0 Å². The highest BCUT2D eigenvalue weighted by atomic mass is 16.5. The molecule has 1 saturated carbocycles. The number of aliphatic hydroxyl groups excluding tert-OH is 1. The summed E-state index contributed by atoms with van der Waals surface area (Å²) in [5.74, 6) is 0.814. The maximum Gasteiger partial charge on any atom is 0.258 e. The van der Waals surface area contributed by atoms with E-state index < -0.39 is 0 Å². The molecule has 5 nitrogen and oxygen atoms in total. The van der Waals surface area contributed by atoms with Crippen LogP contribution in [0.25, 0.3) is 0 Å². The lowest BCUT2D eigenvalue weighted by molar-refractivity contribution is 0.0781. The number of pyridine rings is 1. The van der Waals surface area contributed by atoms with Crippen molar-refractivity contribution in [1.29, 1.82) is 0 Å². The van der Waals surface area contributed by atoms with Crippen molar-refractivity contribution in [3.63, 3.8) is 0 Å². The molecule has 4 rings (SSSR count). The molecule has 0 aliphatic heterocycles. The van der Waals surface area contributed by atoms with Crippen LogP contribution in [-0.4, -0.2) is 40.7 Å². The van der Waals surface area contributed by atoms with E-state index in [9.17, 15) is 9.90 Å². The molecule has 0 radical (unpaired) electrons. The minimum Gasteiger partial charge on any atom is -0.497 e. The summed E-state index contributed by atoms with van der Waals surface area (Å²) in [5.41, 5.74) is 2.68. The third-order valence-electron chi connectivity index (χ3n) is 6.16. The van der Waals surface area contributed by atoms with E-state index in [0.29, 0.717) is 18.0 Å². The molecular formula is C24H28N2O3. The minimum absolute atomic E-state index is 0.0638. The Morgan fingerprint density at radius 2 is 2.03 bits per heavy atom. The molecule has 1 aromatic heterocycles. The number of allylic oxidation sites excluding steroid dienone is 2. The van der Waals surface area contributed by atoms with E-state index in [1.807, 2.05) is 47.5 Å². The quantitative estimate of drug-likeness (QED) is 0.771. The molecule has 1 N–H and O–H groups in total. The third kappa shape index (κ3) is 4.06. The summed E-state index contributed by atoms with van der Waals surface area (Å²) in [5, 5.41) is 9.67. The molecular weight excluding hydrogens is 364 g/mol. The number of hydrogen-bond acceptors (Lipinski definition) is 4. The van der Waals surface area contributed by atoms with Crippen LogP contribution in [0.4, 0.5) is 0 Å². The lowest BCUT2D eigenvalue weighted by Crippen LogP contribution is -2.37. The van der Waals surface area contributed by atoms with Crippen LogP contribution >= 0.6 is 0 Å². The monoisotopic (exact) mass is 392 g/mol. The number of ether oxygens (including phenoxy) is 1. The van der Waals surface area contributed by atoms with E-state index in [2.05, 4.69) is 17.1 Å². The van der Waals surface area contributed by atoms with Gasteiger partial charge in [-0.1, -0.05) is 12.1 Å². The van der Waals surface area contributed by atoms with Gasteiger partial charge in [0, 0.05) is 41.2 Å². The Balaban J connectivity index is 1.58. The van der Waals surface area contributed by atoms with Crippen LogP contribution in [0.5, 0.6) is 5.75 Å². The van der Waals surface area contributed by atoms with Crippen molar-refractivity contribution in [2.45, 2.75) is 50.0 Å². The first-order chi connectivity index (χ1) is 14.2. The maximum absolute atomic E-state index is 13.3. The second-order valence-corrected chi connectivity index (χ2v) is 8.00. The van der Waals surface area contributed by atoms with Crippen LogP contribution in [0.3, 0.4) is 0 Å². The number of methoxy groups -OCH3 is 1. The van der Waals surface area contributed by atoms with Crippen molar-refractivity contribution >= 4 is 5.91 Å². The van der Waals surface area contributed by atoms with Gasteiger partial charge in [0.05, 0.1) is 7.11 Å². The zero-order valence-electron chi connectivity index (χ0n) is 16.9. The fourth-order valence-electron chi connectivity index (χ4n) is 4.32. The highest BCUT2D eigenvalue weighted by molar-refractivity contribution is 5.96. The largest absolute Gasteiger partial charge is 0.497 e. The Morgan fingerprint density at radius 1 is 1.24 bits per heavy atom. The molecule has 0 unspecified atom stereocenters. The SMILES string of the molecule is COc1ccc(C(=O)N(C2=CC[C@](CCO)(c3ccccn3)CC2)C2CC2)cc1. The minimum atomic E-state index is -0.155. The van der Waals surface area contributed by atoms with Gasteiger partial charge in [-0.15, -0.1) is 0 Å². The van der Waals surface area contributed by atoms with Crippen molar-refractivity contribution in [1.82, 2.24) is 9.88 Å². The highest BCUT2D eigenvalue weighted by Gasteiger charge is 2.40. The van der Waals surface area contributed by atoms with Crippen molar-refractivity contribution in [2.24, 2.45) is 0 Å². The van der Waals surface area contributed by atoms with E-state index in [-0.39, 0.29) is 17.9 Å². The van der Waals surface area contributed by atoms with E-state index >= 15 is 0 Å². The summed E-state index contributed by atoms with van der Waals surface area (Å²) in [6.07, 6.45) is 9.31. The normalized spacial score (nSPS) is 21.4. The Hall–Kier alpha value is -2.66. The molecule has 5 heteroatoms. The lowest BCUT2D eigenvalue weighted by Gasteiger charge is -2.38. The number of benzene rings is 1. The van der Waals surface area contributed by atoms with E-state index in [0.717, 1.165) is 49.2 Å². The predicted octanol–water partition coefficient (Wildman–Crippen LogP) is 4.08. The average molecular weight is 392 g/mol. The summed E-state index contributed by atoms with van der Waals surface area (Å²) in [7, 11) is 1.63. The molecule has 0 saturated heterocycles. The van der Waals surface area contributed by atoms with Crippen molar-refractivity contribution < 1.29 is 14.6 Å². The molecule has 1 fully saturated rings. The number of carbonyl (C=O) groups is 1. The topological polar surface area (TPSA) is 62.7 Å². The van der Waals surface area contributed by atoms with Crippen LogP contribution in [-0.2, 0) is 5.41 Å². The average Bonchev–Trinajstić information content (AvgIpc) is 3.61. The van der Waals surface area contributed by atoms with Crippen LogP contribution in [0.2, 0.25) is 0 Å². The van der Waals surface area contributed by atoms with E-state index in [1.165, 1.54) is 0 Å². The zero-order valence-corrected chi connectivity index (χ0v) is 16.9. The number of rotatable bonds is 7. The summed E-state index contributed by atoms with van der Waals surface area (Å²) >= 11 is 0. The molecule has 29 heavy (non-hydrogen) atoms. The van der Waals surface area contributed by atoms with Crippen LogP contribution in [0.15, 0.2) is 60.4 Å². The molecule has 1 amide bonds. The molecule has 2 aromatic rings. The second kappa shape index (κ2) is 8.37. The number of aromatic nitrogens is 1.